The van der Waals surface area contributed by atoms with Crippen LogP contribution in [0, 0.1) is 12.7 Å². The second-order valence-corrected chi connectivity index (χ2v) is 9.53. The number of nitrogens with one attached hydrogen (secondary N) is 1. The minimum absolute atomic E-state index is 0.213. The molecule has 34 heavy (non-hydrogen) atoms. The van der Waals surface area contributed by atoms with Crippen LogP contribution in [0.15, 0.2) is 72.1 Å². The molecule has 1 aliphatic rings. The number of fused-ring (bicyclic) bond motifs is 2. The molecular weight excluding hydrogens is 471 g/mol. The highest BCUT2D eigenvalue weighted by atomic mass is 35.5. The van der Waals surface area contributed by atoms with E-state index >= 15 is 0 Å². The van der Waals surface area contributed by atoms with Crippen molar-refractivity contribution in [3.05, 3.63) is 116 Å². The topological polar surface area (TPSA) is 49.4 Å². The number of para-hydroxylation sites is 1. The van der Waals surface area contributed by atoms with Gasteiger partial charge in [-0.1, -0.05) is 35.9 Å². The van der Waals surface area contributed by atoms with Crippen molar-refractivity contribution in [2.24, 2.45) is 0 Å². The van der Waals surface area contributed by atoms with Crippen LogP contribution in [-0.2, 0) is 13.0 Å². The summed E-state index contributed by atoms with van der Waals surface area (Å²) in [6.45, 7) is 2.01. The fourth-order valence-electron chi connectivity index (χ4n) is 4.16. The Balaban J connectivity index is 1.43. The van der Waals surface area contributed by atoms with Crippen LogP contribution < -0.4 is 10.2 Å². The number of amides is 2. The summed E-state index contributed by atoms with van der Waals surface area (Å²) in [7, 11) is 0. The summed E-state index contributed by atoms with van der Waals surface area (Å²) >= 11 is 8.21. The van der Waals surface area contributed by atoms with E-state index in [1.165, 1.54) is 17.0 Å². The van der Waals surface area contributed by atoms with Gasteiger partial charge in [0.15, 0.2) is 0 Å². The van der Waals surface area contributed by atoms with Crippen molar-refractivity contribution in [1.82, 2.24) is 0 Å². The van der Waals surface area contributed by atoms with Crippen molar-refractivity contribution in [1.29, 1.82) is 0 Å². The van der Waals surface area contributed by atoms with Gasteiger partial charge >= 0.3 is 0 Å². The number of hydrogen-bond acceptors (Lipinski definition) is 3. The lowest BCUT2D eigenvalue weighted by molar-refractivity contribution is 0.0984. The highest BCUT2D eigenvalue weighted by Gasteiger charge is 2.27. The maximum absolute atomic E-state index is 13.8. The smallest absolute Gasteiger partial charge is 0.260 e. The predicted molar refractivity (Wildman–Crippen MR) is 135 cm³/mol. The summed E-state index contributed by atoms with van der Waals surface area (Å²) in [4.78, 5) is 29.3. The third-order valence-corrected chi connectivity index (χ3v) is 7.29. The Morgan fingerprint density at radius 1 is 1.00 bits per heavy atom. The van der Waals surface area contributed by atoms with Crippen molar-refractivity contribution in [2.75, 3.05) is 10.2 Å². The number of nitrogens with zero attached hydrogens (tertiary/aromatic N) is 1. The molecule has 170 valence electrons. The molecular formula is C27H20ClFN2O2S. The number of carbonyl (C=O) groups excluding carboxylic acids is 2. The number of halogens is 2. The van der Waals surface area contributed by atoms with E-state index in [4.69, 9.17) is 11.6 Å². The first-order chi connectivity index (χ1) is 16.4. The Kier molecular flexibility index (Phi) is 5.94. The SMILES string of the molecule is Cc1c(F)cccc1C(=O)Nc1ccc(C(=O)N2Cc3ccsc3Cc3ccccc32)c(Cl)c1. The normalized spacial score (nSPS) is 12.5. The number of rotatable bonds is 3. The van der Waals surface area contributed by atoms with E-state index in [1.807, 2.05) is 29.6 Å². The van der Waals surface area contributed by atoms with Gasteiger partial charge in [0.25, 0.3) is 11.8 Å². The first-order valence-electron chi connectivity index (χ1n) is 10.7. The van der Waals surface area contributed by atoms with Crippen molar-refractivity contribution in [3.63, 3.8) is 0 Å². The average molecular weight is 491 g/mol. The Morgan fingerprint density at radius 2 is 1.82 bits per heavy atom. The Morgan fingerprint density at radius 3 is 2.65 bits per heavy atom. The third kappa shape index (κ3) is 4.11. The monoisotopic (exact) mass is 490 g/mol. The third-order valence-electron chi connectivity index (χ3n) is 6.01. The van der Waals surface area contributed by atoms with E-state index in [9.17, 15) is 14.0 Å². The minimum Gasteiger partial charge on any atom is -0.322 e. The largest absolute Gasteiger partial charge is 0.322 e. The van der Waals surface area contributed by atoms with Gasteiger partial charge in [-0.25, -0.2) is 4.39 Å². The van der Waals surface area contributed by atoms with Crippen LogP contribution >= 0.6 is 22.9 Å². The molecule has 0 spiro atoms. The molecule has 0 unspecified atom stereocenters. The van der Waals surface area contributed by atoms with E-state index < -0.39 is 11.7 Å². The number of carbonyl (C=O) groups is 2. The minimum atomic E-state index is -0.446. The second-order valence-electron chi connectivity index (χ2n) is 8.13. The van der Waals surface area contributed by atoms with Gasteiger partial charge < -0.3 is 10.2 Å². The summed E-state index contributed by atoms with van der Waals surface area (Å²) in [5, 5.41) is 5.01. The second kappa shape index (κ2) is 9.05. The number of hydrogen-bond donors (Lipinski definition) is 1. The van der Waals surface area contributed by atoms with Gasteiger partial charge in [0.05, 0.1) is 17.1 Å². The molecule has 0 fully saturated rings. The predicted octanol–water partition coefficient (Wildman–Crippen LogP) is 6.85. The first-order valence-corrected chi connectivity index (χ1v) is 12.0. The van der Waals surface area contributed by atoms with Crippen LogP contribution in [0.5, 0.6) is 0 Å². The highest BCUT2D eigenvalue weighted by Crippen LogP contribution is 2.35. The van der Waals surface area contributed by atoms with Gasteiger partial charge in [-0.2, -0.15) is 0 Å². The van der Waals surface area contributed by atoms with E-state index in [0.29, 0.717) is 17.8 Å². The zero-order valence-electron chi connectivity index (χ0n) is 18.3. The zero-order valence-corrected chi connectivity index (χ0v) is 19.8. The van der Waals surface area contributed by atoms with Gasteiger partial charge in [-0.05, 0) is 71.5 Å². The van der Waals surface area contributed by atoms with Gasteiger partial charge in [0.2, 0.25) is 0 Å². The lowest BCUT2D eigenvalue weighted by Crippen LogP contribution is -2.30. The van der Waals surface area contributed by atoms with Crippen LogP contribution in [0.1, 0.15) is 42.3 Å². The van der Waals surface area contributed by atoms with Crippen molar-refractivity contribution in [2.45, 2.75) is 19.9 Å². The van der Waals surface area contributed by atoms with Gasteiger partial charge in [-0.3, -0.25) is 9.59 Å². The lowest BCUT2D eigenvalue weighted by atomic mass is 10.1. The zero-order chi connectivity index (χ0) is 23.8. The molecule has 3 aromatic carbocycles. The van der Waals surface area contributed by atoms with Gasteiger partial charge in [0.1, 0.15) is 5.82 Å². The molecule has 2 amide bonds. The molecule has 4 aromatic rings. The van der Waals surface area contributed by atoms with Gasteiger partial charge in [0, 0.05) is 28.2 Å². The van der Waals surface area contributed by atoms with Crippen molar-refractivity contribution < 1.29 is 14.0 Å². The molecule has 0 bridgehead atoms. The standard InChI is InChI=1S/C27H20ClFN2O2S/c1-16-20(6-4-7-23(16)29)26(32)30-19-9-10-21(22(28)14-19)27(33)31-15-18-11-12-34-25(18)13-17-5-2-3-8-24(17)31/h2-12,14H,13,15H2,1H3,(H,30,32). The molecule has 1 aromatic heterocycles. The van der Waals surface area contributed by atoms with E-state index in [0.717, 1.165) is 23.2 Å². The summed E-state index contributed by atoms with van der Waals surface area (Å²) in [5.74, 6) is -1.10. The quantitative estimate of drug-likeness (QED) is 0.341. The Bertz CT molecular complexity index is 1430. The molecule has 0 atom stereocenters. The molecule has 0 aliphatic carbocycles. The first kappa shape index (κ1) is 22.3. The molecule has 7 heteroatoms. The summed E-state index contributed by atoms with van der Waals surface area (Å²) < 4.78 is 13.8. The molecule has 5 rings (SSSR count). The maximum atomic E-state index is 13.8. The van der Waals surface area contributed by atoms with Crippen molar-refractivity contribution >= 4 is 46.1 Å². The van der Waals surface area contributed by atoms with E-state index in [1.54, 1.807) is 47.4 Å². The number of benzene rings is 3. The molecule has 0 saturated heterocycles. The number of thiophene rings is 1. The molecule has 4 nitrogen and oxygen atoms in total. The maximum Gasteiger partial charge on any atom is 0.260 e. The molecule has 1 aliphatic heterocycles. The highest BCUT2D eigenvalue weighted by molar-refractivity contribution is 7.10. The van der Waals surface area contributed by atoms with Crippen LogP contribution in [0.25, 0.3) is 0 Å². The van der Waals surface area contributed by atoms with E-state index in [-0.39, 0.29) is 22.1 Å². The fraction of sp³-hybridized carbons (Fsp3) is 0.111. The lowest BCUT2D eigenvalue weighted by Gasteiger charge is -2.24. The molecule has 0 radical (unpaired) electrons. The van der Waals surface area contributed by atoms with E-state index in [2.05, 4.69) is 11.4 Å². The van der Waals surface area contributed by atoms with Crippen LogP contribution in [0.2, 0.25) is 5.02 Å². The number of anilines is 2. The summed E-state index contributed by atoms with van der Waals surface area (Å²) in [6.07, 6.45) is 0.783. The van der Waals surface area contributed by atoms with Crippen LogP contribution in [0.4, 0.5) is 15.8 Å². The van der Waals surface area contributed by atoms with Crippen LogP contribution in [-0.4, -0.2) is 11.8 Å². The van der Waals surface area contributed by atoms with Gasteiger partial charge in [-0.15, -0.1) is 11.3 Å². The average Bonchev–Trinajstić information content (AvgIpc) is 3.19. The van der Waals surface area contributed by atoms with Crippen LogP contribution in [0.3, 0.4) is 0 Å². The molecule has 2 heterocycles. The molecule has 0 saturated carbocycles. The molecule has 1 N–H and O–H groups in total. The Hall–Kier alpha value is -3.48. The van der Waals surface area contributed by atoms with Crippen molar-refractivity contribution in [3.8, 4) is 0 Å². The summed E-state index contributed by atoms with van der Waals surface area (Å²) in [6, 6.07) is 19.1. The summed E-state index contributed by atoms with van der Waals surface area (Å²) in [5.41, 5.74) is 4.35. The fourth-order valence-corrected chi connectivity index (χ4v) is 5.34. The Labute approximate surface area is 205 Å².